The molecule has 178 valence electrons. The molecule has 1 aliphatic carbocycles. The summed E-state index contributed by atoms with van der Waals surface area (Å²) in [6.45, 7) is 1.94. The zero-order chi connectivity index (χ0) is 24.4. The van der Waals surface area contributed by atoms with Crippen LogP contribution in [-0.2, 0) is 0 Å². The molecule has 11 heteroatoms. The number of rotatable bonds is 6. The molecule has 3 aromatic rings. The van der Waals surface area contributed by atoms with E-state index in [0.29, 0.717) is 17.2 Å². The minimum absolute atomic E-state index is 0.133. The molecule has 0 bridgehead atoms. The van der Waals surface area contributed by atoms with Crippen LogP contribution in [0.25, 0.3) is 0 Å². The number of H-pyrrole nitrogens is 1. The number of benzene rings is 1. The van der Waals surface area contributed by atoms with Gasteiger partial charge in [0.1, 0.15) is 5.56 Å². The molecule has 2 aliphatic rings. The molecule has 1 atom stereocenters. The molecule has 5 rings (SSSR count). The van der Waals surface area contributed by atoms with Crippen LogP contribution in [0.2, 0.25) is 0 Å². The van der Waals surface area contributed by atoms with Gasteiger partial charge in [-0.2, -0.15) is 10.4 Å². The van der Waals surface area contributed by atoms with Gasteiger partial charge >= 0.3 is 0 Å². The van der Waals surface area contributed by atoms with Crippen molar-refractivity contribution in [3.8, 4) is 11.9 Å². The number of anilines is 2. The van der Waals surface area contributed by atoms with Crippen molar-refractivity contribution in [1.82, 2.24) is 25.6 Å². The SMILES string of the molecule is COc1nc(C2=NN(c3ccc(C#N)c(C)c3)C(C3CCCC3)C2)ccc1C(=O)Nc1nnn[nH]1. The number of aromatic amines is 1. The van der Waals surface area contributed by atoms with E-state index >= 15 is 0 Å². The lowest BCUT2D eigenvalue weighted by atomic mass is 9.92. The number of nitriles is 1. The lowest BCUT2D eigenvalue weighted by Crippen LogP contribution is -2.32. The molecule has 0 saturated heterocycles. The smallest absolute Gasteiger partial charge is 0.263 e. The van der Waals surface area contributed by atoms with Crippen LogP contribution in [0.15, 0.2) is 35.4 Å². The molecule has 2 aromatic heterocycles. The average molecular weight is 472 g/mol. The van der Waals surface area contributed by atoms with Gasteiger partial charge in [0.2, 0.25) is 11.8 Å². The number of pyridine rings is 1. The summed E-state index contributed by atoms with van der Waals surface area (Å²) in [5.74, 6) is 0.426. The number of hydrogen-bond acceptors (Lipinski definition) is 9. The quantitative estimate of drug-likeness (QED) is 0.557. The summed E-state index contributed by atoms with van der Waals surface area (Å²) in [5.41, 5.74) is 4.33. The molecule has 35 heavy (non-hydrogen) atoms. The Balaban J connectivity index is 1.46. The second-order valence-corrected chi connectivity index (χ2v) is 8.78. The van der Waals surface area contributed by atoms with Crippen molar-refractivity contribution in [2.24, 2.45) is 11.0 Å². The minimum atomic E-state index is -0.439. The van der Waals surface area contributed by atoms with Crippen LogP contribution in [0.3, 0.4) is 0 Å². The number of aromatic nitrogens is 5. The fourth-order valence-corrected chi connectivity index (χ4v) is 4.88. The zero-order valence-corrected chi connectivity index (χ0v) is 19.5. The summed E-state index contributed by atoms with van der Waals surface area (Å²) in [7, 11) is 1.47. The highest BCUT2D eigenvalue weighted by atomic mass is 16.5. The molecule has 0 spiro atoms. The zero-order valence-electron chi connectivity index (χ0n) is 19.5. The van der Waals surface area contributed by atoms with Gasteiger partial charge in [-0.3, -0.25) is 15.1 Å². The van der Waals surface area contributed by atoms with Crippen molar-refractivity contribution in [3.63, 3.8) is 0 Å². The van der Waals surface area contributed by atoms with Gasteiger partial charge in [-0.25, -0.2) is 10.1 Å². The Bertz CT molecular complexity index is 1310. The van der Waals surface area contributed by atoms with Crippen LogP contribution in [0.4, 0.5) is 11.6 Å². The van der Waals surface area contributed by atoms with E-state index in [9.17, 15) is 10.1 Å². The van der Waals surface area contributed by atoms with E-state index in [4.69, 9.17) is 9.84 Å². The Kier molecular flexibility index (Phi) is 6.10. The third kappa shape index (κ3) is 4.42. The Morgan fingerprint density at radius 1 is 1.26 bits per heavy atom. The van der Waals surface area contributed by atoms with E-state index in [1.807, 2.05) is 25.1 Å². The van der Waals surface area contributed by atoms with Gasteiger partial charge in [-0.15, -0.1) is 0 Å². The normalized spacial score (nSPS) is 17.8. The number of ether oxygens (including phenoxy) is 1. The van der Waals surface area contributed by atoms with Gasteiger partial charge in [-0.05, 0) is 72.0 Å². The molecular formula is C24H25N9O2. The molecule has 1 saturated carbocycles. The largest absolute Gasteiger partial charge is 0.480 e. The molecule has 1 aromatic carbocycles. The van der Waals surface area contributed by atoms with Crippen molar-refractivity contribution in [1.29, 1.82) is 5.26 Å². The fraction of sp³-hybridized carbons (Fsp3) is 0.375. The van der Waals surface area contributed by atoms with Crippen molar-refractivity contribution in [3.05, 3.63) is 52.7 Å². The van der Waals surface area contributed by atoms with Crippen molar-refractivity contribution in [2.75, 3.05) is 17.4 Å². The second-order valence-electron chi connectivity index (χ2n) is 8.78. The highest BCUT2D eigenvalue weighted by Crippen LogP contribution is 2.38. The Morgan fingerprint density at radius 2 is 2.09 bits per heavy atom. The predicted octanol–water partition coefficient (Wildman–Crippen LogP) is 3.21. The highest BCUT2D eigenvalue weighted by Gasteiger charge is 2.37. The number of carbonyl (C=O) groups excluding carboxylic acids is 1. The van der Waals surface area contributed by atoms with E-state index in [1.165, 1.54) is 32.8 Å². The van der Waals surface area contributed by atoms with E-state index in [-0.39, 0.29) is 23.4 Å². The number of hydrogen-bond donors (Lipinski definition) is 2. The van der Waals surface area contributed by atoms with Crippen molar-refractivity contribution in [2.45, 2.75) is 45.1 Å². The lowest BCUT2D eigenvalue weighted by molar-refractivity contribution is 0.102. The second kappa shape index (κ2) is 9.50. The van der Waals surface area contributed by atoms with Gasteiger partial charge in [-0.1, -0.05) is 17.9 Å². The molecule has 1 aliphatic heterocycles. The maximum Gasteiger partial charge on any atom is 0.263 e. The number of amides is 1. The summed E-state index contributed by atoms with van der Waals surface area (Å²) in [6, 6.07) is 11.7. The van der Waals surface area contributed by atoms with Crippen LogP contribution in [0.5, 0.6) is 5.88 Å². The third-order valence-electron chi connectivity index (χ3n) is 6.66. The van der Waals surface area contributed by atoms with E-state index in [1.54, 1.807) is 12.1 Å². The molecule has 0 radical (unpaired) electrons. The monoisotopic (exact) mass is 471 g/mol. The maximum atomic E-state index is 12.7. The summed E-state index contributed by atoms with van der Waals surface area (Å²) < 4.78 is 5.43. The Labute approximate surface area is 202 Å². The number of nitrogens with zero attached hydrogens (tertiary/aromatic N) is 7. The van der Waals surface area contributed by atoms with Crippen LogP contribution < -0.4 is 15.1 Å². The average Bonchev–Trinajstić information content (AvgIpc) is 3.65. The minimum Gasteiger partial charge on any atom is -0.480 e. The van der Waals surface area contributed by atoms with Crippen LogP contribution in [0.1, 0.15) is 59.3 Å². The molecule has 11 nitrogen and oxygen atoms in total. The van der Waals surface area contributed by atoms with Crippen LogP contribution in [0, 0.1) is 24.2 Å². The number of nitrogens with one attached hydrogen (secondary N) is 2. The number of hydrazone groups is 1. The fourth-order valence-electron chi connectivity index (χ4n) is 4.88. The topological polar surface area (TPSA) is 145 Å². The first-order valence-corrected chi connectivity index (χ1v) is 11.6. The summed E-state index contributed by atoms with van der Waals surface area (Å²) >= 11 is 0. The highest BCUT2D eigenvalue weighted by molar-refractivity contribution is 6.06. The maximum absolute atomic E-state index is 12.7. The first kappa shape index (κ1) is 22.5. The number of methoxy groups -OCH3 is 1. The van der Waals surface area contributed by atoms with E-state index in [0.717, 1.165) is 23.4 Å². The molecule has 1 amide bonds. The van der Waals surface area contributed by atoms with Crippen LogP contribution >= 0.6 is 0 Å². The molecule has 2 N–H and O–H groups in total. The first-order chi connectivity index (χ1) is 17.1. The van der Waals surface area contributed by atoms with Gasteiger partial charge in [0, 0.05) is 6.42 Å². The molecule has 1 fully saturated rings. The summed E-state index contributed by atoms with van der Waals surface area (Å²) in [5, 5.41) is 32.0. The summed E-state index contributed by atoms with van der Waals surface area (Å²) in [6.07, 6.45) is 5.55. The van der Waals surface area contributed by atoms with Crippen LogP contribution in [-0.4, -0.2) is 50.4 Å². The standard InChI is InChI=1S/C24H25N9O2/c1-14-11-17(8-7-16(14)13-25)33-21(15-5-3-4-6-15)12-20(30-33)19-10-9-18(23(26-19)35-2)22(34)27-24-28-31-32-29-24/h7-11,15,21H,3-6,12H2,1-2H3,(H2,27,28,29,31,32,34). The van der Waals surface area contributed by atoms with E-state index < -0.39 is 5.91 Å². The first-order valence-electron chi connectivity index (χ1n) is 11.6. The number of tetrazole rings is 1. The van der Waals surface area contributed by atoms with E-state index in [2.05, 4.69) is 42.0 Å². The Hall–Kier alpha value is -4.33. The van der Waals surface area contributed by atoms with Crippen molar-refractivity contribution >= 4 is 23.3 Å². The summed E-state index contributed by atoms with van der Waals surface area (Å²) in [4.78, 5) is 17.3. The van der Waals surface area contributed by atoms with Gasteiger partial charge in [0.15, 0.2) is 0 Å². The Morgan fingerprint density at radius 3 is 2.77 bits per heavy atom. The number of aryl methyl sites for hydroxylation is 1. The predicted molar refractivity (Wildman–Crippen MR) is 128 cm³/mol. The van der Waals surface area contributed by atoms with Gasteiger partial charge < -0.3 is 4.74 Å². The van der Waals surface area contributed by atoms with Gasteiger partial charge in [0.25, 0.3) is 5.91 Å². The number of carbonyl (C=O) groups is 1. The molecule has 3 heterocycles. The van der Waals surface area contributed by atoms with Crippen molar-refractivity contribution < 1.29 is 9.53 Å². The van der Waals surface area contributed by atoms with Gasteiger partial charge in [0.05, 0.1) is 41.9 Å². The lowest BCUT2D eigenvalue weighted by Gasteiger charge is -2.28. The molecule has 1 unspecified atom stereocenters. The third-order valence-corrected chi connectivity index (χ3v) is 6.66. The molecular weight excluding hydrogens is 446 g/mol.